The zero-order chi connectivity index (χ0) is 19.0. The Morgan fingerprint density at radius 1 is 1.29 bits per heavy atom. The summed E-state index contributed by atoms with van der Waals surface area (Å²) in [7, 11) is -0.527. The molecule has 0 saturated carbocycles. The molecule has 7 nitrogen and oxygen atoms in total. The fourth-order valence-corrected chi connectivity index (χ4v) is 4.45. The van der Waals surface area contributed by atoms with Crippen molar-refractivity contribution in [1.82, 2.24) is 4.90 Å². The molecular formula is C16H23NO6S. The van der Waals surface area contributed by atoms with Crippen molar-refractivity contribution in [2.45, 2.75) is 50.8 Å². The van der Waals surface area contributed by atoms with Crippen LogP contribution in [0.1, 0.15) is 34.6 Å². The number of carboxylic acid groups (broad SMARTS) is 2. The maximum atomic E-state index is 11.8. The minimum absolute atomic E-state index is 0.316. The molecule has 2 aliphatic rings. The quantitative estimate of drug-likeness (QED) is 0.334. The standard InChI is InChI=1S/C11H13NO4S.C5H10O2/c1-11(2)7(10(15)16)12-8(14)6(4-5-13)9(12)17(11)3;1-5(2,3)4(6)7/h4-5,7,9H,3H2,1-2H3,(H,15,16);1-3H3,(H,6,7)/t7-,9+,17?;/m0./s1. The van der Waals surface area contributed by atoms with E-state index in [0.717, 1.165) is 0 Å². The van der Waals surface area contributed by atoms with Crippen LogP contribution >= 0.6 is 10.5 Å². The lowest BCUT2D eigenvalue weighted by molar-refractivity contribution is -0.152. The van der Waals surface area contributed by atoms with E-state index in [2.05, 4.69) is 5.87 Å². The molecule has 2 N–H and O–H groups in total. The smallest absolute Gasteiger partial charge is 0.327 e. The number of amides is 1. The molecular weight excluding hydrogens is 334 g/mol. The number of fused-ring (bicyclic) bond motifs is 1. The highest BCUT2D eigenvalue weighted by Gasteiger charge is 2.62. The van der Waals surface area contributed by atoms with E-state index in [4.69, 9.17) is 5.11 Å². The average Bonchev–Trinajstić information content (AvgIpc) is 2.61. The van der Waals surface area contributed by atoms with E-state index in [1.807, 2.05) is 0 Å². The maximum absolute atomic E-state index is 11.8. The van der Waals surface area contributed by atoms with E-state index in [0.29, 0.717) is 11.9 Å². The number of β-lactam (4-membered cyclic amide) rings is 1. The summed E-state index contributed by atoms with van der Waals surface area (Å²) in [5.74, 6) is 1.85. The Morgan fingerprint density at radius 2 is 1.75 bits per heavy atom. The third kappa shape index (κ3) is 3.28. The molecule has 1 unspecified atom stereocenters. The summed E-state index contributed by atoms with van der Waals surface area (Å²) in [6.45, 7) is 8.58. The van der Waals surface area contributed by atoms with Crippen LogP contribution in [-0.4, -0.2) is 61.3 Å². The van der Waals surface area contributed by atoms with E-state index >= 15 is 0 Å². The molecule has 24 heavy (non-hydrogen) atoms. The number of nitrogens with zero attached hydrogens (tertiary/aromatic N) is 1. The predicted molar refractivity (Wildman–Crippen MR) is 92.1 cm³/mol. The second-order valence-electron chi connectivity index (χ2n) is 7.15. The summed E-state index contributed by atoms with van der Waals surface area (Å²) >= 11 is 0. The summed E-state index contributed by atoms with van der Waals surface area (Å²) < 4.78 is -0.579. The normalized spacial score (nSPS) is 29.2. The largest absolute Gasteiger partial charge is 0.481 e. The topological polar surface area (TPSA) is 112 Å². The highest BCUT2D eigenvalue weighted by molar-refractivity contribution is 8.16. The molecule has 0 radical (unpaired) electrons. The Kier molecular flexibility index (Phi) is 5.44. The van der Waals surface area contributed by atoms with Gasteiger partial charge in [0.1, 0.15) is 17.7 Å². The van der Waals surface area contributed by atoms with Crippen LogP contribution in [0.15, 0.2) is 11.6 Å². The van der Waals surface area contributed by atoms with E-state index in [1.165, 1.54) is 11.0 Å². The number of aliphatic carboxylic acids is 2. The van der Waals surface area contributed by atoms with Gasteiger partial charge in [-0.05, 0) is 40.7 Å². The van der Waals surface area contributed by atoms with Gasteiger partial charge in [-0.3, -0.25) is 14.4 Å². The minimum Gasteiger partial charge on any atom is -0.481 e. The van der Waals surface area contributed by atoms with Gasteiger partial charge < -0.3 is 15.1 Å². The fraction of sp³-hybridized carbons (Fsp3) is 0.562. The van der Waals surface area contributed by atoms with Gasteiger partial charge in [-0.25, -0.2) is 4.79 Å². The molecule has 1 amide bonds. The number of hydrogen-bond acceptors (Lipinski definition) is 4. The lowest BCUT2D eigenvalue weighted by atomic mass is 9.96. The lowest BCUT2D eigenvalue weighted by Crippen LogP contribution is -2.58. The van der Waals surface area contributed by atoms with Crippen LogP contribution in [0.4, 0.5) is 0 Å². The van der Waals surface area contributed by atoms with Gasteiger partial charge in [0.15, 0.2) is 0 Å². The van der Waals surface area contributed by atoms with Crippen molar-refractivity contribution in [3.05, 3.63) is 11.6 Å². The summed E-state index contributed by atoms with van der Waals surface area (Å²) in [5.41, 5.74) is -0.199. The molecule has 2 rings (SSSR count). The Hall–Kier alpha value is -1.96. The number of allylic oxidation sites excluding steroid dienone is 1. The van der Waals surface area contributed by atoms with Gasteiger partial charge in [0.05, 0.1) is 11.0 Å². The molecule has 2 fully saturated rings. The first kappa shape index (κ1) is 20.1. The van der Waals surface area contributed by atoms with Crippen molar-refractivity contribution in [2.75, 3.05) is 0 Å². The van der Waals surface area contributed by atoms with Gasteiger partial charge in [-0.15, -0.1) is 0 Å². The zero-order valence-corrected chi connectivity index (χ0v) is 15.2. The second-order valence-corrected chi connectivity index (χ2v) is 9.51. The fourth-order valence-electron chi connectivity index (χ4n) is 2.40. The Morgan fingerprint density at radius 3 is 2.08 bits per heavy atom. The summed E-state index contributed by atoms with van der Waals surface area (Å²) in [5, 5.41) is 17.2. The zero-order valence-electron chi connectivity index (χ0n) is 14.4. The monoisotopic (exact) mass is 357 g/mol. The van der Waals surface area contributed by atoms with Gasteiger partial charge in [-0.1, -0.05) is 5.87 Å². The Bertz CT molecular complexity index is 643. The number of carbonyl (C=O) groups excluding carboxylic acids is 2. The number of carboxylic acids is 2. The van der Waals surface area contributed by atoms with Gasteiger partial charge in [0.25, 0.3) is 5.91 Å². The highest BCUT2D eigenvalue weighted by Crippen LogP contribution is 2.56. The first-order chi connectivity index (χ1) is 10.8. The van der Waals surface area contributed by atoms with E-state index in [1.54, 1.807) is 34.6 Å². The second kappa shape index (κ2) is 6.51. The third-order valence-corrected chi connectivity index (χ3v) is 6.60. The molecule has 3 atom stereocenters. The summed E-state index contributed by atoms with van der Waals surface area (Å²) in [4.78, 5) is 44.9. The third-order valence-electron chi connectivity index (χ3n) is 4.01. The molecule has 0 aliphatic carbocycles. The first-order valence-electron chi connectivity index (χ1n) is 7.25. The number of aldehydes is 1. The van der Waals surface area contributed by atoms with Crippen LogP contribution in [0.2, 0.25) is 0 Å². The van der Waals surface area contributed by atoms with Crippen LogP contribution in [0.25, 0.3) is 0 Å². The Balaban J connectivity index is 0.000000351. The predicted octanol–water partition coefficient (Wildman–Crippen LogP) is 1.34. The molecule has 0 aromatic carbocycles. The van der Waals surface area contributed by atoms with Crippen molar-refractivity contribution in [1.29, 1.82) is 0 Å². The van der Waals surface area contributed by atoms with E-state index < -0.39 is 38.6 Å². The summed E-state index contributed by atoms with van der Waals surface area (Å²) in [6.07, 6.45) is 1.78. The molecule has 0 aromatic heterocycles. The Labute approximate surface area is 143 Å². The van der Waals surface area contributed by atoms with E-state index in [9.17, 15) is 24.3 Å². The maximum Gasteiger partial charge on any atom is 0.327 e. The SMILES string of the molecule is C=S1[C@@H]2C(=CC=O)C(=O)N2[C@@H](C(=O)O)C1(C)C.CC(C)(C)C(=O)O. The van der Waals surface area contributed by atoms with Gasteiger partial charge in [-0.2, -0.15) is 10.5 Å². The summed E-state index contributed by atoms with van der Waals surface area (Å²) in [6, 6.07) is -0.857. The lowest BCUT2D eigenvalue weighted by Gasteiger charge is -2.39. The van der Waals surface area contributed by atoms with Crippen LogP contribution < -0.4 is 0 Å². The van der Waals surface area contributed by atoms with Crippen LogP contribution in [-0.2, 0) is 19.2 Å². The first-order valence-corrected chi connectivity index (χ1v) is 8.71. The van der Waals surface area contributed by atoms with Crippen molar-refractivity contribution in [2.24, 2.45) is 5.41 Å². The number of carbonyl (C=O) groups is 4. The molecule has 2 saturated heterocycles. The molecule has 0 aromatic rings. The number of hydrogen-bond donors (Lipinski definition) is 2. The van der Waals surface area contributed by atoms with Crippen molar-refractivity contribution >= 4 is 40.5 Å². The van der Waals surface area contributed by atoms with Crippen LogP contribution in [0.5, 0.6) is 0 Å². The van der Waals surface area contributed by atoms with Crippen molar-refractivity contribution in [3.8, 4) is 0 Å². The molecule has 2 aliphatic heterocycles. The van der Waals surface area contributed by atoms with Gasteiger partial charge in [0, 0.05) is 4.75 Å². The molecule has 2 heterocycles. The molecule has 0 spiro atoms. The molecule has 0 bridgehead atoms. The van der Waals surface area contributed by atoms with E-state index in [-0.39, 0.29) is 11.3 Å². The molecule has 8 heteroatoms. The van der Waals surface area contributed by atoms with Crippen LogP contribution in [0.3, 0.4) is 0 Å². The van der Waals surface area contributed by atoms with Crippen LogP contribution in [0, 0.1) is 5.41 Å². The van der Waals surface area contributed by atoms with Crippen molar-refractivity contribution < 1.29 is 29.4 Å². The van der Waals surface area contributed by atoms with Gasteiger partial charge in [0.2, 0.25) is 0 Å². The highest BCUT2D eigenvalue weighted by atomic mass is 32.2. The van der Waals surface area contributed by atoms with Crippen molar-refractivity contribution in [3.63, 3.8) is 0 Å². The number of rotatable bonds is 2. The molecule has 134 valence electrons. The minimum atomic E-state index is -1.02. The average molecular weight is 357 g/mol. The van der Waals surface area contributed by atoms with Gasteiger partial charge >= 0.3 is 11.9 Å².